The molecule has 0 bridgehead atoms. The Balaban J connectivity index is 1.64. The van der Waals surface area contributed by atoms with Crippen LogP contribution in [0.25, 0.3) is 0 Å². The Morgan fingerprint density at radius 2 is 1.58 bits per heavy atom. The zero-order valence-electron chi connectivity index (χ0n) is 17.6. The van der Waals surface area contributed by atoms with Gasteiger partial charge in [-0.3, -0.25) is 9.10 Å². The molecule has 0 aliphatic rings. The minimum absolute atomic E-state index is 0.276. The molecule has 0 atom stereocenters. The van der Waals surface area contributed by atoms with Crippen molar-refractivity contribution < 1.29 is 13.2 Å². The number of amides is 1. The van der Waals surface area contributed by atoms with Gasteiger partial charge >= 0.3 is 0 Å². The molecular weight excluding hydrogens is 428 g/mol. The van der Waals surface area contributed by atoms with Gasteiger partial charge in [0.05, 0.1) is 11.9 Å². The lowest BCUT2D eigenvalue weighted by Crippen LogP contribution is -2.38. The standard InChI is InChI=1S/C24H26N2O3S2/c1-3-20-9-7-8-12-23(20)26(31(2,28)29)17-24(27)25-21-15-13-19(14-16-21)18-30-22-10-5-4-6-11-22/h4-16H,3,17-18H2,1-2H3,(H,25,27). The first-order valence-corrected chi connectivity index (χ1v) is 12.8. The van der Waals surface area contributed by atoms with E-state index in [1.807, 2.05) is 61.5 Å². The van der Waals surface area contributed by atoms with Crippen LogP contribution in [0.3, 0.4) is 0 Å². The second-order valence-corrected chi connectivity index (χ2v) is 10.1. The molecule has 1 N–H and O–H groups in total. The van der Waals surface area contributed by atoms with Crippen molar-refractivity contribution in [1.82, 2.24) is 0 Å². The van der Waals surface area contributed by atoms with E-state index in [2.05, 4.69) is 17.4 Å². The lowest BCUT2D eigenvalue weighted by molar-refractivity contribution is -0.114. The first-order valence-electron chi connectivity index (χ1n) is 9.99. The van der Waals surface area contributed by atoms with Gasteiger partial charge in [-0.05, 0) is 47.9 Å². The van der Waals surface area contributed by atoms with E-state index in [1.165, 1.54) is 4.90 Å². The molecule has 0 spiro atoms. The molecule has 0 aliphatic carbocycles. The number of carbonyl (C=O) groups is 1. The molecule has 0 saturated carbocycles. The van der Waals surface area contributed by atoms with Gasteiger partial charge < -0.3 is 5.32 Å². The number of hydrogen-bond donors (Lipinski definition) is 1. The van der Waals surface area contributed by atoms with Crippen molar-refractivity contribution in [3.8, 4) is 0 Å². The van der Waals surface area contributed by atoms with Crippen molar-refractivity contribution in [2.45, 2.75) is 24.0 Å². The normalized spacial score (nSPS) is 11.2. The number of anilines is 2. The van der Waals surface area contributed by atoms with Crippen LogP contribution in [-0.4, -0.2) is 27.1 Å². The fourth-order valence-corrected chi connectivity index (χ4v) is 4.90. The lowest BCUT2D eigenvalue weighted by Gasteiger charge is -2.24. The summed E-state index contributed by atoms with van der Waals surface area (Å²) in [4.78, 5) is 13.8. The van der Waals surface area contributed by atoms with Crippen molar-refractivity contribution in [2.24, 2.45) is 0 Å². The summed E-state index contributed by atoms with van der Waals surface area (Å²) in [5.41, 5.74) is 3.19. The highest BCUT2D eigenvalue weighted by atomic mass is 32.2. The molecule has 3 rings (SSSR count). The largest absolute Gasteiger partial charge is 0.325 e. The van der Waals surface area contributed by atoms with Crippen LogP contribution < -0.4 is 9.62 Å². The highest BCUT2D eigenvalue weighted by Gasteiger charge is 2.22. The van der Waals surface area contributed by atoms with Gasteiger partial charge in [0.25, 0.3) is 0 Å². The van der Waals surface area contributed by atoms with Crippen molar-refractivity contribution in [2.75, 3.05) is 22.4 Å². The van der Waals surface area contributed by atoms with Gasteiger partial charge in [-0.1, -0.05) is 55.5 Å². The van der Waals surface area contributed by atoms with E-state index in [0.717, 1.165) is 27.4 Å². The molecule has 31 heavy (non-hydrogen) atoms. The molecule has 0 unspecified atom stereocenters. The Kier molecular flexibility index (Phi) is 7.76. The molecule has 0 radical (unpaired) electrons. The third-order valence-corrected chi connectivity index (χ3v) is 6.92. The van der Waals surface area contributed by atoms with Crippen LogP contribution in [0, 0.1) is 0 Å². The molecular formula is C24H26N2O3S2. The molecule has 3 aromatic rings. The Morgan fingerprint density at radius 3 is 2.23 bits per heavy atom. The van der Waals surface area contributed by atoms with Crippen molar-refractivity contribution in [3.05, 3.63) is 90.0 Å². The van der Waals surface area contributed by atoms with E-state index in [-0.39, 0.29) is 12.5 Å². The Hall–Kier alpha value is -2.77. The zero-order chi connectivity index (χ0) is 22.3. The van der Waals surface area contributed by atoms with Gasteiger partial charge in [-0.15, -0.1) is 11.8 Å². The second-order valence-electron chi connectivity index (χ2n) is 7.10. The number of para-hydroxylation sites is 1. The van der Waals surface area contributed by atoms with Crippen molar-refractivity contribution >= 4 is 39.1 Å². The Morgan fingerprint density at radius 1 is 0.935 bits per heavy atom. The number of sulfonamides is 1. The molecule has 3 aromatic carbocycles. The summed E-state index contributed by atoms with van der Waals surface area (Å²) >= 11 is 1.74. The van der Waals surface area contributed by atoms with E-state index in [4.69, 9.17) is 0 Å². The number of nitrogens with zero attached hydrogens (tertiary/aromatic N) is 1. The maximum absolute atomic E-state index is 12.6. The minimum atomic E-state index is -3.61. The van der Waals surface area contributed by atoms with E-state index in [9.17, 15) is 13.2 Å². The van der Waals surface area contributed by atoms with Gasteiger partial charge in [-0.2, -0.15) is 0 Å². The number of nitrogens with one attached hydrogen (secondary N) is 1. The highest BCUT2D eigenvalue weighted by molar-refractivity contribution is 7.98. The average molecular weight is 455 g/mol. The van der Waals surface area contributed by atoms with E-state index in [1.54, 1.807) is 23.9 Å². The van der Waals surface area contributed by atoms with Crippen molar-refractivity contribution in [3.63, 3.8) is 0 Å². The second kappa shape index (κ2) is 10.5. The summed E-state index contributed by atoms with van der Waals surface area (Å²) in [6, 6.07) is 25.0. The quantitative estimate of drug-likeness (QED) is 0.465. The first-order chi connectivity index (χ1) is 14.9. The first kappa shape index (κ1) is 22.9. The molecule has 1 amide bonds. The van der Waals surface area contributed by atoms with Crippen LogP contribution in [-0.2, 0) is 27.0 Å². The highest BCUT2D eigenvalue weighted by Crippen LogP contribution is 2.24. The van der Waals surface area contributed by atoms with Gasteiger partial charge in [0.1, 0.15) is 6.54 Å². The average Bonchev–Trinajstić information content (AvgIpc) is 2.77. The molecule has 0 aromatic heterocycles. The van der Waals surface area contributed by atoms with Crippen LogP contribution in [0.15, 0.2) is 83.8 Å². The minimum Gasteiger partial charge on any atom is -0.325 e. The number of aryl methyl sites for hydroxylation is 1. The third-order valence-electron chi connectivity index (χ3n) is 4.72. The topological polar surface area (TPSA) is 66.5 Å². The monoisotopic (exact) mass is 454 g/mol. The third kappa shape index (κ3) is 6.60. The maximum atomic E-state index is 12.6. The number of benzene rings is 3. The Bertz CT molecular complexity index is 1120. The van der Waals surface area contributed by atoms with Crippen LogP contribution in [0.2, 0.25) is 0 Å². The smallest absolute Gasteiger partial charge is 0.245 e. The summed E-state index contributed by atoms with van der Waals surface area (Å²) in [6.07, 6.45) is 1.79. The molecule has 162 valence electrons. The summed E-state index contributed by atoms with van der Waals surface area (Å²) in [7, 11) is -3.61. The predicted octanol–water partition coefficient (Wildman–Crippen LogP) is 4.95. The summed E-state index contributed by atoms with van der Waals surface area (Å²) in [5.74, 6) is 0.441. The number of hydrogen-bond acceptors (Lipinski definition) is 4. The van der Waals surface area contributed by atoms with E-state index >= 15 is 0 Å². The number of thioether (sulfide) groups is 1. The number of rotatable bonds is 9. The summed E-state index contributed by atoms with van der Waals surface area (Å²) in [6.45, 7) is 1.68. The fourth-order valence-electron chi connectivity index (χ4n) is 3.13. The molecule has 7 heteroatoms. The molecule has 0 saturated heterocycles. The molecule has 5 nitrogen and oxygen atoms in total. The maximum Gasteiger partial charge on any atom is 0.245 e. The Labute approximate surface area is 188 Å². The molecule has 0 aliphatic heterocycles. The van der Waals surface area contributed by atoms with Crippen LogP contribution in [0.5, 0.6) is 0 Å². The van der Waals surface area contributed by atoms with Crippen LogP contribution in [0.4, 0.5) is 11.4 Å². The van der Waals surface area contributed by atoms with Gasteiger partial charge in [0.2, 0.25) is 15.9 Å². The van der Waals surface area contributed by atoms with Crippen LogP contribution in [0.1, 0.15) is 18.1 Å². The zero-order valence-corrected chi connectivity index (χ0v) is 19.2. The van der Waals surface area contributed by atoms with E-state index in [0.29, 0.717) is 17.8 Å². The van der Waals surface area contributed by atoms with Gasteiger partial charge in [0, 0.05) is 16.3 Å². The van der Waals surface area contributed by atoms with Crippen molar-refractivity contribution in [1.29, 1.82) is 0 Å². The molecule has 0 fully saturated rings. The van der Waals surface area contributed by atoms with Crippen LogP contribution >= 0.6 is 11.8 Å². The predicted molar refractivity (Wildman–Crippen MR) is 129 cm³/mol. The molecule has 0 heterocycles. The SMILES string of the molecule is CCc1ccccc1N(CC(=O)Nc1ccc(CSc2ccccc2)cc1)S(C)(=O)=O. The van der Waals surface area contributed by atoms with Gasteiger partial charge in [0.15, 0.2) is 0 Å². The number of carbonyl (C=O) groups excluding carboxylic acids is 1. The summed E-state index contributed by atoms with van der Waals surface area (Å²) < 4.78 is 25.9. The van der Waals surface area contributed by atoms with Gasteiger partial charge in [-0.25, -0.2) is 8.42 Å². The lowest BCUT2D eigenvalue weighted by atomic mass is 10.1. The van der Waals surface area contributed by atoms with E-state index < -0.39 is 10.0 Å². The fraction of sp³-hybridized carbons (Fsp3) is 0.208. The summed E-state index contributed by atoms with van der Waals surface area (Å²) in [5, 5.41) is 2.80.